The maximum atomic E-state index is 14.1. The first-order chi connectivity index (χ1) is 25.8. The van der Waals surface area contributed by atoms with Gasteiger partial charge in [-0.25, -0.2) is 4.98 Å². The molecule has 3 aromatic carbocycles. The average Bonchev–Trinajstić information content (AvgIpc) is 3.80. The molecule has 0 bridgehead atoms. The second-order valence-electron chi connectivity index (χ2n) is 14.1. The highest BCUT2D eigenvalue weighted by molar-refractivity contribution is 5.98. The van der Waals surface area contributed by atoms with Gasteiger partial charge in [-0.05, 0) is 88.5 Å². The van der Waals surface area contributed by atoms with E-state index >= 15 is 0 Å². The summed E-state index contributed by atoms with van der Waals surface area (Å²) in [6.45, 7) is 9.34. The van der Waals surface area contributed by atoms with E-state index in [9.17, 15) is 14.4 Å². The fourth-order valence-electron chi connectivity index (χ4n) is 7.84. The molecule has 1 atom stereocenters. The monoisotopic (exact) mass is 724 g/mol. The fourth-order valence-corrected chi connectivity index (χ4v) is 7.84. The number of carbonyl (C=O) groups is 3. The number of esters is 1. The molecule has 3 heterocycles. The van der Waals surface area contributed by atoms with Crippen molar-refractivity contribution in [1.29, 1.82) is 0 Å². The van der Waals surface area contributed by atoms with Gasteiger partial charge in [0.05, 0.1) is 31.9 Å². The number of hydrogen-bond acceptors (Lipinski definition) is 9. The van der Waals surface area contributed by atoms with Crippen LogP contribution in [0.4, 0.5) is 0 Å². The molecular formula is C42H52N4O7. The van der Waals surface area contributed by atoms with Crippen LogP contribution < -0.4 is 14.2 Å². The molecule has 0 spiro atoms. The molecule has 1 amide bonds. The molecular weight excluding hydrogens is 672 g/mol. The van der Waals surface area contributed by atoms with Gasteiger partial charge in [0.1, 0.15) is 0 Å². The quantitative estimate of drug-likeness (QED) is 0.0549. The van der Waals surface area contributed by atoms with Gasteiger partial charge in [0.15, 0.2) is 17.3 Å². The molecule has 0 N–H and O–H groups in total. The van der Waals surface area contributed by atoms with Crippen LogP contribution in [0.1, 0.15) is 78.9 Å². The average molecular weight is 725 g/mol. The van der Waals surface area contributed by atoms with E-state index in [0.29, 0.717) is 50.7 Å². The van der Waals surface area contributed by atoms with Gasteiger partial charge in [-0.15, -0.1) is 0 Å². The number of benzene rings is 3. The van der Waals surface area contributed by atoms with Crippen LogP contribution in [0.15, 0.2) is 66.7 Å². The minimum absolute atomic E-state index is 0.0767. The van der Waals surface area contributed by atoms with Gasteiger partial charge in [0.25, 0.3) is 5.91 Å². The Morgan fingerprint density at radius 3 is 2.26 bits per heavy atom. The summed E-state index contributed by atoms with van der Waals surface area (Å²) in [5, 5.41) is 0. The van der Waals surface area contributed by atoms with Crippen LogP contribution in [0, 0.1) is 5.92 Å². The summed E-state index contributed by atoms with van der Waals surface area (Å²) < 4.78 is 24.3. The number of piperidine rings is 1. The number of nitrogens with zero attached hydrogens (tertiary/aromatic N) is 4. The molecule has 11 heteroatoms. The number of likely N-dealkylation sites (tertiary alicyclic amines) is 2. The molecule has 0 radical (unpaired) electrons. The van der Waals surface area contributed by atoms with Crippen LogP contribution in [-0.2, 0) is 21.5 Å². The Bertz CT molecular complexity index is 1860. The molecule has 0 saturated carbocycles. The summed E-state index contributed by atoms with van der Waals surface area (Å²) >= 11 is 0. The maximum absolute atomic E-state index is 14.1. The molecule has 2 fully saturated rings. The minimum Gasteiger partial charge on any atom is -0.493 e. The normalized spacial score (nSPS) is 18.0. The molecule has 0 aliphatic carbocycles. The van der Waals surface area contributed by atoms with E-state index in [-0.39, 0.29) is 52.7 Å². The largest absolute Gasteiger partial charge is 0.493 e. The Labute approximate surface area is 312 Å². The number of hydrogen-bond donors (Lipinski definition) is 0. The zero-order chi connectivity index (χ0) is 37.4. The number of carbonyl (C=O) groups excluding carboxylic acids is 3. The SMILES string of the molecule is CCCC(=O)Oc1c(OC)cc(C(=O)N2CCC(CCN3CCC(C(=O)c4nc5ccccc5n4CCOCC)CC3)(c3ccccc3)C2)cc1OC. The number of imidazole rings is 1. The van der Waals surface area contributed by atoms with Crippen molar-refractivity contribution < 1.29 is 33.3 Å². The van der Waals surface area contributed by atoms with Crippen LogP contribution in [0.2, 0.25) is 0 Å². The number of rotatable bonds is 16. The number of para-hydroxylation sites is 2. The molecule has 2 aliphatic rings. The Balaban J connectivity index is 1.13. The van der Waals surface area contributed by atoms with E-state index in [2.05, 4.69) is 29.2 Å². The van der Waals surface area contributed by atoms with Crippen molar-refractivity contribution in [3.8, 4) is 17.2 Å². The van der Waals surface area contributed by atoms with Crippen LogP contribution in [0.5, 0.6) is 17.2 Å². The van der Waals surface area contributed by atoms with E-state index in [1.165, 1.54) is 19.8 Å². The van der Waals surface area contributed by atoms with Crippen LogP contribution >= 0.6 is 0 Å². The Kier molecular flexibility index (Phi) is 12.5. The van der Waals surface area contributed by atoms with Gasteiger partial charge in [0.2, 0.25) is 11.5 Å². The lowest BCUT2D eigenvalue weighted by Crippen LogP contribution is -2.41. The summed E-state index contributed by atoms with van der Waals surface area (Å²) in [5.74, 6) is 0.778. The number of amides is 1. The molecule has 53 heavy (non-hydrogen) atoms. The maximum Gasteiger partial charge on any atom is 0.311 e. The Hall–Kier alpha value is -4.74. The molecule has 11 nitrogen and oxygen atoms in total. The fraction of sp³-hybridized carbons (Fsp3) is 0.476. The smallest absolute Gasteiger partial charge is 0.311 e. The highest BCUT2D eigenvalue weighted by atomic mass is 16.6. The highest BCUT2D eigenvalue weighted by Crippen LogP contribution is 2.42. The number of aromatic nitrogens is 2. The van der Waals surface area contributed by atoms with Crippen LogP contribution in [-0.4, -0.2) is 97.2 Å². The standard InChI is InChI=1S/C42H52N4O7/c1-5-12-37(47)53-39-35(50-3)27-31(28-36(39)51-4)41(49)45-24-20-42(29-45,32-13-8-7-9-14-32)19-23-44-21-17-30(18-22-44)38(48)40-43-33-15-10-11-16-34(33)46(40)25-26-52-6-2/h7-11,13-16,27-28,30H,5-6,12,17-26,29H2,1-4H3. The third kappa shape index (κ3) is 8.41. The van der Waals surface area contributed by atoms with Crippen LogP contribution in [0.3, 0.4) is 0 Å². The van der Waals surface area contributed by atoms with Crippen molar-refractivity contribution in [2.75, 3.05) is 60.2 Å². The van der Waals surface area contributed by atoms with Gasteiger partial charge >= 0.3 is 5.97 Å². The second-order valence-corrected chi connectivity index (χ2v) is 14.1. The Morgan fingerprint density at radius 2 is 1.58 bits per heavy atom. The third-order valence-corrected chi connectivity index (χ3v) is 10.8. The summed E-state index contributed by atoms with van der Waals surface area (Å²) in [7, 11) is 2.96. The molecule has 1 unspecified atom stereocenters. The van der Waals surface area contributed by atoms with Crippen molar-refractivity contribution in [2.24, 2.45) is 5.92 Å². The van der Waals surface area contributed by atoms with E-state index in [0.717, 1.165) is 56.4 Å². The zero-order valence-electron chi connectivity index (χ0n) is 31.5. The number of Topliss-reactive ketones (excluding diaryl/α,β-unsaturated/α-hetero) is 1. The van der Waals surface area contributed by atoms with Crippen molar-refractivity contribution in [1.82, 2.24) is 19.4 Å². The van der Waals surface area contributed by atoms with E-state index in [1.807, 2.05) is 53.6 Å². The Morgan fingerprint density at radius 1 is 0.887 bits per heavy atom. The zero-order valence-corrected chi connectivity index (χ0v) is 31.5. The summed E-state index contributed by atoms with van der Waals surface area (Å²) in [5.41, 5.74) is 3.21. The predicted molar refractivity (Wildman–Crippen MR) is 203 cm³/mol. The summed E-state index contributed by atoms with van der Waals surface area (Å²) in [4.78, 5) is 49.4. The lowest BCUT2D eigenvalue weighted by molar-refractivity contribution is -0.134. The van der Waals surface area contributed by atoms with E-state index in [4.69, 9.17) is 23.9 Å². The number of fused-ring (bicyclic) bond motifs is 1. The van der Waals surface area contributed by atoms with Gasteiger partial charge in [-0.2, -0.15) is 0 Å². The summed E-state index contributed by atoms with van der Waals surface area (Å²) in [6.07, 6.45) is 4.18. The van der Waals surface area contributed by atoms with Crippen molar-refractivity contribution in [3.63, 3.8) is 0 Å². The molecule has 2 aliphatic heterocycles. The predicted octanol–water partition coefficient (Wildman–Crippen LogP) is 6.56. The number of ether oxygens (including phenoxy) is 4. The molecule has 2 saturated heterocycles. The van der Waals surface area contributed by atoms with Gasteiger partial charge < -0.3 is 33.3 Å². The first-order valence-electron chi connectivity index (χ1n) is 18.9. The molecule has 6 rings (SSSR count). The summed E-state index contributed by atoms with van der Waals surface area (Å²) in [6, 6.07) is 21.7. The topological polar surface area (TPSA) is 112 Å². The van der Waals surface area contributed by atoms with E-state index in [1.54, 1.807) is 12.1 Å². The lowest BCUT2D eigenvalue weighted by Gasteiger charge is -2.36. The van der Waals surface area contributed by atoms with Crippen molar-refractivity contribution in [3.05, 3.63) is 83.7 Å². The first kappa shape index (κ1) is 38.0. The third-order valence-electron chi connectivity index (χ3n) is 10.8. The highest BCUT2D eigenvalue weighted by Gasteiger charge is 2.42. The lowest BCUT2D eigenvalue weighted by atomic mass is 9.76. The number of methoxy groups -OCH3 is 2. The first-order valence-corrected chi connectivity index (χ1v) is 18.9. The van der Waals surface area contributed by atoms with Crippen molar-refractivity contribution >= 4 is 28.7 Å². The van der Waals surface area contributed by atoms with E-state index < -0.39 is 0 Å². The molecule has 282 valence electrons. The second kappa shape index (κ2) is 17.4. The van der Waals surface area contributed by atoms with Gasteiger partial charge in [0, 0.05) is 49.6 Å². The number of ketones is 1. The van der Waals surface area contributed by atoms with Gasteiger partial charge in [-0.1, -0.05) is 49.4 Å². The van der Waals surface area contributed by atoms with Crippen LogP contribution in [0.25, 0.3) is 11.0 Å². The van der Waals surface area contributed by atoms with Crippen molar-refractivity contribution in [2.45, 2.75) is 64.3 Å². The molecule has 1 aromatic heterocycles. The van der Waals surface area contributed by atoms with Gasteiger partial charge in [-0.3, -0.25) is 14.4 Å². The molecule has 4 aromatic rings. The minimum atomic E-state index is -0.389.